The minimum absolute atomic E-state index is 0. The Morgan fingerprint density at radius 2 is 0.621 bits per heavy atom. The van der Waals surface area contributed by atoms with Crippen molar-refractivity contribution in [3.63, 3.8) is 0 Å². The van der Waals surface area contributed by atoms with E-state index >= 15 is 9.13 Å². The number of rotatable bonds is 8. The maximum Gasteiger partial charge on any atom is 3.00 e. The predicted octanol–water partition coefficient (Wildman–Crippen LogP) is 6.81. The molecule has 6 aromatic carbocycles. The summed E-state index contributed by atoms with van der Waals surface area (Å²) in [5.74, 6) is 0. The van der Waals surface area contributed by atoms with Gasteiger partial charge in [-0.15, -0.1) is 0 Å². The Bertz CT molecular complexity index is 2290. The van der Waals surface area contributed by atoms with Crippen molar-refractivity contribution in [3.8, 4) is 11.1 Å². The molecule has 0 saturated carbocycles. The first-order valence-electron chi connectivity index (χ1n) is 16.4. The van der Waals surface area contributed by atoms with Crippen molar-refractivity contribution in [2.24, 2.45) is 0 Å². The predicted molar refractivity (Wildman–Crippen MR) is 215 cm³/mol. The molecule has 0 spiro atoms. The molecule has 294 valence electrons. The molecule has 0 N–H and O–H groups in total. The summed E-state index contributed by atoms with van der Waals surface area (Å²) in [6.07, 6.45) is 0.110. The third-order valence-electron chi connectivity index (χ3n) is 8.50. The van der Waals surface area contributed by atoms with Gasteiger partial charge in [0.25, 0.3) is 0 Å². The first-order valence-corrected chi connectivity index (χ1v) is 21.6. The second-order valence-corrected chi connectivity index (χ2v) is 19.4. The van der Waals surface area contributed by atoms with Gasteiger partial charge in [-0.25, -0.2) is 8.42 Å². The maximum atomic E-state index is 15.0. The number of sulfone groups is 1. The molecule has 1 aliphatic rings. The number of nitrogens with zero attached hydrogens (tertiary/aromatic N) is 3. The Hall–Kier alpha value is -5.48. The van der Waals surface area contributed by atoms with E-state index in [0.29, 0.717) is 43.5 Å². The fraction of sp³-hybridized carbons (Fsp3) is 0.0526. The Morgan fingerprint density at radius 1 is 0.397 bits per heavy atom. The summed E-state index contributed by atoms with van der Waals surface area (Å²) in [5.41, 5.74) is 2.21. The van der Waals surface area contributed by atoms with Crippen LogP contribution in [0.3, 0.4) is 0 Å². The van der Waals surface area contributed by atoms with Gasteiger partial charge in [-0.1, -0.05) is 158 Å². The van der Waals surface area contributed by atoms with E-state index in [1.54, 1.807) is 12.1 Å². The van der Waals surface area contributed by atoms with Crippen molar-refractivity contribution < 1.29 is 68.4 Å². The molecule has 0 radical (unpaired) electrons. The van der Waals surface area contributed by atoms with Crippen molar-refractivity contribution in [3.05, 3.63) is 215 Å². The van der Waals surface area contributed by atoms with E-state index in [-0.39, 0.29) is 57.7 Å². The third kappa shape index (κ3) is 11.3. The van der Waals surface area contributed by atoms with Crippen molar-refractivity contribution in [1.82, 2.24) is 0 Å². The molecule has 16 nitrogen and oxygen atoms in total. The van der Waals surface area contributed by atoms with Crippen LogP contribution in [0.25, 0.3) is 11.1 Å². The Kier molecular flexibility index (Phi) is 16.8. The van der Waals surface area contributed by atoms with Gasteiger partial charge in [0.1, 0.15) is 14.3 Å². The zero-order valence-corrected chi connectivity index (χ0v) is 36.2. The molecule has 6 aromatic rings. The molecular weight excluding hydrogens is 939 g/mol. The quantitative estimate of drug-likeness (QED) is 0.0861. The monoisotopic (exact) mass is 969 g/mol. The van der Waals surface area contributed by atoms with Crippen molar-refractivity contribution in [2.75, 3.05) is 0 Å². The van der Waals surface area contributed by atoms with E-state index in [1.165, 1.54) is 0 Å². The van der Waals surface area contributed by atoms with Crippen LogP contribution >= 0.6 is 14.3 Å². The summed E-state index contributed by atoms with van der Waals surface area (Å²) < 4.78 is 59.3. The molecule has 0 atom stereocenters. The van der Waals surface area contributed by atoms with E-state index in [4.69, 9.17) is 46.0 Å². The van der Waals surface area contributed by atoms with Gasteiger partial charge in [-0.05, 0) is 11.1 Å². The van der Waals surface area contributed by atoms with Crippen LogP contribution < -0.4 is 21.2 Å². The average Bonchev–Trinajstić information content (AvgIpc) is 3.43. The van der Waals surface area contributed by atoms with Gasteiger partial charge in [-0.2, -0.15) is 0 Å². The van der Waals surface area contributed by atoms with Crippen LogP contribution in [0.4, 0.5) is 0 Å². The smallest absolute Gasteiger partial charge is 0.356 e. The van der Waals surface area contributed by atoms with Gasteiger partial charge in [0, 0.05) is 44.7 Å². The molecule has 58 heavy (non-hydrogen) atoms. The van der Waals surface area contributed by atoms with Gasteiger partial charge >= 0.3 is 35.6 Å². The summed E-state index contributed by atoms with van der Waals surface area (Å²) in [4.78, 5) is 25.1. The number of hydrogen-bond donors (Lipinski definition) is 0. The van der Waals surface area contributed by atoms with E-state index in [0.717, 1.165) is 0 Å². The number of hydrogen-bond acceptors (Lipinski definition) is 13. The van der Waals surface area contributed by atoms with Crippen molar-refractivity contribution in [1.29, 1.82) is 0 Å². The summed E-state index contributed by atoms with van der Waals surface area (Å²) >= 11 is 0. The Labute approximate surface area is 359 Å². The summed E-state index contributed by atoms with van der Waals surface area (Å²) in [6.45, 7) is 0. The van der Waals surface area contributed by atoms with E-state index in [1.807, 2.05) is 146 Å². The van der Waals surface area contributed by atoms with Crippen LogP contribution in [0, 0.1) is 81.6 Å². The first kappa shape index (κ1) is 46.9. The van der Waals surface area contributed by atoms with Crippen molar-refractivity contribution >= 4 is 45.3 Å². The van der Waals surface area contributed by atoms with Crippen LogP contribution in [0.2, 0.25) is 0 Å². The summed E-state index contributed by atoms with van der Waals surface area (Å²) in [5, 5.41) is 47.0. The topological polar surface area (TPSA) is 267 Å². The molecule has 0 amide bonds. The van der Waals surface area contributed by atoms with Crippen LogP contribution in [-0.4, -0.2) is 23.7 Å². The molecule has 0 aromatic heterocycles. The molecule has 0 saturated heterocycles. The fourth-order valence-corrected chi connectivity index (χ4v) is 14.1. The molecule has 0 unspecified atom stereocenters. The SMILES string of the molecule is O=P(Cc1cccc2c1S(=O)(=O)c1c(CP(=O)(c3ccccc3)c3ccccc3)cccc1-2)(c1ccccc1)c1ccccc1.O=[N+]([O-])[O-].O=[N+]([O-])[O-].O=[N+]([O-])[O-].[La+3]. The minimum atomic E-state index is -4.04. The second kappa shape index (κ2) is 20.8. The van der Waals surface area contributed by atoms with Crippen LogP contribution in [0.1, 0.15) is 11.1 Å². The molecule has 0 bridgehead atoms. The zero-order valence-electron chi connectivity index (χ0n) is 30.0. The number of benzene rings is 6. The second-order valence-electron chi connectivity index (χ2n) is 11.9. The van der Waals surface area contributed by atoms with E-state index < -0.39 is 39.4 Å². The van der Waals surface area contributed by atoms with Crippen molar-refractivity contribution in [2.45, 2.75) is 22.1 Å². The van der Waals surface area contributed by atoms with Gasteiger partial charge in [0.2, 0.25) is 9.84 Å². The fourth-order valence-electron chi connectivity index (χ4n) is 6.40. The summed E-state index contributed by atoms with van der Waals surface area (Å²) in [6, 6.07) is 48.0. The van der Waals surface area contributed by atoms with Crippen LogP contribution in [0.5, 0.6) is 0 Å². The van der Waals surface area contributed by atoms with Gasteiger partial charge in [0.05, 0.1) is 25.1 Å². The normalized spacial score (nSPS) is 11.8. The molecule has 20 heteroatoms. The van der Waals surface area contributed by atoms with E-state index in [9.17, 15) is 8.42 Å². The standard InChI is InChI=1S/C38H30O4P2S.La.3NO3/c39-43(31-17-5-1-6-18-31,32-19-7-2-8-20-32)27-29-15-13-25-35-36-26-14-16-30(38(36)45(41,42)37(29)35)28-44(40,33-21-9-3-10-22-33)34-23-11-4-12-24-34;;3*2-1(3)4/h1-26H,27-28H2;;;;/q;+3;3*-1. The van der Waals surface area contributed by atoms with Gasteiger partial charge in [-0.3, -0.25) is 0 Å². The summed E-state index contributed by atoms with van der Waals surface area (Å²) in [7, 11) is -10.6. The molecular formula is C38H30LaN3O13P2S. The zero-order chi connectivity index (χ0) is 41.8. The molecule has 1 heterocycles. The third-order valence-corrected chi connectivity index (χ3v) is 16.6. The van der Waals surface area contributed by atoms with E-state index in [2.05, 4.69) is 0 Å². The van der Waals surface area contributed by atoms with Gasteiger partial charge in [0.15, 0.2) is 0 Å². The Balaban J connectivity index is 0.000000613. The number of fused-ring (bicyclic) bond motifs is 3. The van der Waals surface area contributed by atoms with Gasteiger partial charge < -0.3 is 55.1 Å². The molecule has 0 aliphatic carbocycles. The molecule has 0 fully saturated rings. The minimum Gasteiger partial charge on any atom is -0.356 e. The molecule has 7 rings (SSSR count). The van der Waals surface area contributed by atoms with Crippen LogP contribution in [0.15, 0.2) is 168 Å². The van der Waals surface area contributed by atoms with Crippen LogP contribution in [-0.2, 0) is 31.3 Å². The largest absolute Gasteiger partial charge is 3.00 e. The average molecular weight is 970 g/mol. The first-order chi connectivity index (χ1) is 27.0. The molecule has 1 aliphatic heterocycles. The Morgan fingerprint density at radius 3 is 0.845 bits per heavy atom. The maximum absolute atomic E-state index is 15.0.